The van der Waals surface area contributed by atoms with E-state index < -0.39 is 29.1 Å². The van der Waals surface area contributed by atoms with Gasteiger partial charge < -0.3 is 16.0 Å². The SMILES string of the molecule is Cc1ccc(NC(=O)[C@@H]2CC(=O)Nc3nc(Nc4ccc(Cl)cc4Cl)[nH]c(=O)c32)c(F)c1. The molecule has 32 heavy (non-hydrogen) atoms. The highest BCUT2D eigenvalue weighted by Crippen LogP contribution is 2.32. The maximum absolute atomic E-state index is 14.1. The molecule has 3 aromatic rings. The van der Waals surface area contributed by atoms with Gasteiger partial charge in [0.05, 0.1) is 27.9 Å². The van der Waals surface area contributed by atoms with Crippen LogP contribution in [0.5, 0.6) is 0 Å². The van der Waals surface area contributed by atoms with Crippen molar-refractivity contribution >= 4 is 58.2 Å². The third kappa shape index (κ3) is 4.44. The van der Waals surface area contributed by atoms with E-state index in [1.165, 1.54) is 18.2 Å². The molecule has 2 aromatic carbocycles. The average Bonchev–Trinajstić information content (AvgIpc) is 2.71. The number of rotatable bonds is 4. The van der Waals surface area contributed by atoms with Crippen molar-refractivity contribution in [2.24, 2.45) is 0 Å². The lowest BCUT2D eigenvalue weighted by Crippen LogP contribution is -2.36. The van der Waals surface area contributed by atoms with Gasteiger partial charge in [-0.3, -0.25) is 19.4 Å². The summed E-state index contributed by atoms with van der Waals surface area (Å²) in [5.41, 5.74) is 0.400. The third-order valence-electron chi connectivity index (χ3n) is 4.83. The van der Waals surface area contributed by atoms with Gasteiger partial charge in [-0.05, 0) is 42.8 Å². The molecule has 2 heterocycles. The number of anilines is 4. The van der Waals surface area contributed by atoms with E-state index in [0.717, 1.165) is 0 Å². The van der Waals surface area contributed by atoms with Gasteiger partial charge in [0, 0.05) is 11.4 Å². The first-order chi connectivity index (χ1) is 15.2. The number of aromatic nitrogens is 2. The molecule has 2 amide bonds. The number of nitrogens with one attached hydrogen (secondary N) is 4. The number of amides is 2. The van der Waals surface area contributed by atoms with E-state index in [-0.39, 0.29) is 29.4 Å². The Bertz CT molecular complexity index is 1310. The largest absolute Gasteiger partial charge is 0.324 e. The van der Waals surface area contributed by atoms with Crippen LogP contribution >= 0.6 is 23.2 Å². The van der Waals surface area contributed by atoms with Gasteiger partial charge in [-0.2, -0.15) is 4.98 Å². The second-order valence-electron chi connectivity index (χ2n) is 7.20. The third-order valence-corrected chi connectivity index (χ3v) is 5.38. The van der Waals surface area contributed by atoms with E-state index in [9.17, 15) is 18.8 Å². The molecule has 1 atom stereocenters. The molecule has 4 N–H and O–H groups in total. The Morgan fingerprint density at radius 2 is 1.91 bits per heavy atom. The molecule has 0 saturated heterocycles. The summed E-state index contributed by atoms with van der Waals surface area (Å²) >= 11 is 12.0. The zero-order valence-corrected chi connectivity index (χ0v) is 18.1. The zero-order valence-electron chi connectivity index (χ0n) is 16.6. The monoisotopic (exact) mass is 475 g/mol. The normalized spacial score (nSPS) is 15.0. The number of hydrogen-bond donors (Lipinski definition) is 4. The molecule has 11 heteroatoms. The van der Waals surface area contributed by atoms with Crippen molar-refractivity contribution in [2.75, 3.05) is 16.0 Å². The van der Waals surface area contributed by atoms with Crippen LogP contribution in [0.3, 0.4) is 0 Å². The van der Waals surface area contributed by atoms with E-state index in [2.05, 4.69) is 25.9 Å². The van der Waals surface area contributed by atoms with Gasteiger partial charge >= 0.3 is 0 Å². The predicted molar refractivity (Wildman–Crippen MR) is 120 cm³/mol. The van der Waals surface area contributed by atoms with Gasteiger partial charge in [0.15, 0.2) is 0 Å². The minimum Gasteiger partial charge on any atom is -0.324 e. The first kappa shape index (κ1) is 21.8. The van der Waals surface area contributed by atoms with E-state index >= 15 is 0 Å². The molecule has 164 valence electrons. The topological polar surface area (TPSA) is 116 Å². The minimum atomic E-state index is -1.15. The highest BCUT2D eigenvalue weighted by atomic mass is 35.5. The second-order valence-corrected chi connectivity index (χ2v) is 8.05. The molecule has 0 spiro atoms. The summed E-state index contributed by atoms with van der Waals surface area (Å²) in [5, 5.41) is 8.51. The van der Waals surface area contributed by atoms with Crippen molar-refractivity contribution in [2.45, 2.75) is 19.3 Å². The van der Waals surface area contributed by atoms with Crippen molar-refractivity contribution in [1.29, 1.82) is 0 Å². The summed E-state index contributed by atoms with van der Waals surface area (Å²) in [6.07, 6.45) is -0.285. The fraction of sp³-hybridized carbons (Fsp3) is 0.143. The van der Waals surface area contributed by atoms with Gasteiger partial charge in [0.1, 0.15) is 11.6 Å². The first-order valence-corrected chi connectivity index (χ1v) is 10.2. The summed E-state index contributed by atoms with van der Waals surface area (Å²) in [7, 11) is 0. The molecule has 1 aromatic heterocycles. The molecule has 0 unspecified atom stereocenters. The number of nitrogens with zero attached hydrogens (tertiary/aromatic N) is 1. The number of H-pyrrole nitrogens is 1. The Morgan fingerprint density at radius 1 is 1.16 bits per heavy atom. The lowest BCUT2D eigenvalue weighted by Gasteiger charge is -2.24. The van der Waals surface area contributed by atoms with Crippen LogP contribution in [0.15, 0.2) is 41.2 Å². The Balaban J connectivity index is 1.65. The van der Waals surface area contributed by atoms with Gasteiger partial charge in [0.25, 0.3) is 5.56 Å². The lowest BCUT2D eigenvalue weighted by atomic mass is 9.92. The van der Waals surface area contributed by atoms with Crippen molar-refractivity contribution < 1.29 is 14.0 Å². The molecule has 0 aliphatic carbocycles. The number of aromatic amines is 1. The Labute approximate surface area is 191 Å². The Kier molecular flexibility index (Phi) is 5.86. The number of aryl methyl sites for hydroxylation is 1. The van der Waals surface area contributed by atoms with Gasteiger partial charge in [-0.25, -0.2) is 4.39 Å². The summed E-state index contributed by atoms with van der Waals surface area (Å²) in [6, 6.07) is 9.01. The maximum atomic E-state index is 14.1. The summed E-state index contributed by atoms with van der Waals surface area (Å²) in [5.74, 6) is -3.03. The molecule has 1 aliphatic rings. The Morgan fingerprint density at radius 3 is 2.62 bits per heavy atom. The number of halogens is 3. The number of benzene rings is 2. The average molecular weight is 476 g/mol. The van der Waals surface area contributed by atoms with Crippen LogP contribution in [0, 0.1) is 12.7 Å². The smallest absolute Gasteiger partial charge is 0.258 e. The zero-order chi connectivity index (χ0) is 23.0. The van der Waals surface area contributed by atoms with Gasteiger partial charge in [0.2, 0.25) is 17.8 Å². The standard InChI is InChI=1S/C21H16Cl2FN5O3/c1-9-2-4-15(13(24)6-9)25-19(31)11-8-16(30)27-18-17(11)20(32)29-21(28-18)26-14-5-3-10(22)7-12(14)23/h2-7,11H,8H2,1H3,(H,25,31)(H3,26,27,28,29,30,32)/t11-/m1/s1. The number of carbonyl (C=O) groups excluding carboxylic acids is 2. The van der Waals surface area contributed by atoms with Crippen molar-refractivity contribution in [3.05, 3.63) is 73.7 Å². The van der Waals surface area contributed by atoms with Crippen LogP contribution < -0.4 is 21.5 Å². The van der Waals surface area contributed by atoms with E-state index in [4.69, 9.17) is 23.2 Å². The number of hydrogen-bond acceptors (Lipinski definition) is 5. The minimum absolute atomic E-state index is 0.00362. The molecule has 0 saturated carbocycles. The van der Waals surface area contributed by atoms with Crippen LogP contribution in [0.1, 0.15) is 23.5 Å². The highest BCUT2D eigenvalue weighted by molar-refractivity contribution is 6.36. The predicted octanol–water partition coefficient (Wildman–Crippen LogP) is 4.33. The van der Waals surface area contributed by atoms with Crippen LogP contribution in [-0.2, 0) is 9.59 Å². The number of fused-ring (bicyclic) bond motifs is 1. The quantitative estimate of drug-likeness (QED) is 0.448. The van der Waals surface area contributed by atoms with Crippen molar-refractivity contribution in [3.63, 3.8) is 0 Å². The van der Waals surface area contributed by atoms with Crippen LogP contribution in [0.2, 0.25) is 10.0 Å². The lowest BCUT2D eigenvalue weighted by molar-refractivity contribution is -0.123. The first-order valence-electron chi connectivity index (χ1n) is 9.44. The molecular formula is C21H16Cl2FN5O3. The second kappa shape index (κ2) is 8.60. The van der Waals surface area contributed by atoms with Crippen LogP contribution in [-0.4, -0.2) is 21.8 Å². The maximum Gasteiger partial charge on any atom is 0.258 e. The summed E-state index contributed by atoms with van der Waals surface area (Å²) in [4.78, 5) is 44.6. The van der Waals surface area contributed by atoms with Crippen molar-refractivity contribution in [1.82, 2.24) is 9.97 Å². The molecule has 1 aliphatic heterocycles. The molecule has 0 fully saturated rings. The fourth-order valence-corrected chi connectivity index (χ4v) is 3.77. The molecular weight excluding hydrogens is 460 g/mol. The molecule has 4 rings (SSSR count). The van der Waals surface area contributed by atoms with E-state index in [0.29, 0.717) is 21.3 Å². The van der Waals surface area contributed by atoms with E-state index in [1.807, 2.05) is 0 Å². The van der Waals surface area contributed by atoms with E-state index in [1.54, 1.807) is 25.1 Å². The van der Waals surface area contributed by atoms with Crippen molar-refractivity contribution in [3.8, 4) is 0 Å². The number of carbonyl (C=O) groups is 2. The van der Waals surface area contributed by atoms with Gasteiger partial charge in [-0.15, -0.1) is 0 Å². The molecule has 0 radical (unpaired) electrons. The van der Waals surface area contributed by atoms with Crippen LogP contribution in [0.4, 0.5) is 27.5 Å². The highest BCUT2D eigenvalue weighted by Gasteiger charge is 2.35. The summed E-state index contributed by atoms with van der Waals surface area (Å²) < 4.78 is 14.1. The fourth-order valence-electron chi connectivity index (χ4n) is 3.31. The molecule has 8 nitrogen and oxygen atoms in total. The molecule has 0 bridgehead atoms. The summed E-state index contributed by atoms with van der Waals surface area (Å²) in [6.45, 7) is 1.71. The van der Waals surface area contributed by atoms with Crippen LogP contribution in [0.25, 0.3) is 0 Å². The van der Waals surface area contributed by atoms with Gasteiger partial charge in [-0.1, -0.05) is 29.3 Å². The Hall–Kier alpha value is -3.43.